The predicted octanol–water partition coefficient (Wildman–Crippen LogP) is 3.91. The average Bonchev–Trinajstić information content (AvgIpc) is 3.29. The van der Waals surface area contributed by atoms with Gasteiger partial charge >= 0.3 is 6.01 Å². The van der Waals surface area contributed by atoms with E-state index in [-0.39, 0.29) is 30.2 Å². The van der Waals surface area contributed by atoms with Crippen LogP contribution in [0.25, 0.3) is 0 Å². The maximum Gasteiger partial charge on any atom is 0.322 e. The molecule has 0 bridgehead atoms. The van der Waals surface area contributed by atoms with Crippen molar-refractivity contribution in [1.82, 2.24) is 10.2 Å². The number of aromatic nitrogens is 2. The first-order chi connectivity index (χ1) is 13.5. The Hall–Kier alpha value is -3.00. The Labute approximate surface area is 169 Å². The van der Waals surface area contributed by atoms with Gasteiger partial charge < -0.3 is 9.32 Å². The lowest BCUT2D eigenvalue weighted by molar-refractivity contribution is -0.117. The van der Waals surface area contributed by atoms with Crippen LogP contribution >= 0.6 is 15.9 Å². The standard InChI is InChI=1S/C20H17BrN4O3/c1-12-6-8-14(9-7-12)25-11-13(10-17(25)26)19-23-24-20(28-19)22-18(27)15-4-2-3-5-16(15)21/h2-9,13H,10-11H2,1H3,(H,22,24,27)/t13-/m0/s1. The topological polar surface area (TPSA) is 88.3 Å². The number of rotatable bonds is 4. The van der Waals surface area contributed by atoms with Gasteiger partial charge in [-0.2, -0.15) is 0 Å². The van der Waals surface area contributed by atoms with Gasteiger partial charge in [-0.25, -0.2) is 0 Å². The molecule has 8 heteroatoms. The normalized spacial score (nSPS) is 16.4. The average molecular weight is 441 g/mol. The van der Waals surface area contributed by atoms with Crippen molar-refractivity contribution in [3.63, 3.8) is 0 Å². The van der Waals surface area contributed by atoms with E-state index in [1.165, 1.54) is 0 Å². The van der Waals surface area contributed by atoms with Crippen molar-refractivity contribution in [1.29, 1.82) is 0 Å². The summed E-state index contributed by atoms with van der Waals surface area (Å²) in [5.74, 6) is -0.224. The van der Waals surface area contributed by atoms with Gasteiger partial charge in [0, 0.05) is 23.1 Å². The maximum absolute atomic E-state index is 12.4. The van der Waals surface area contributed by atoms with E-state index in [1.54, 1.807) is 23.1 Å². The second-order valence-electron chi connectivity index (χ2n) is 6.62. The summed E-state index contributed by atoms with van der Waals surface area (Å²) in [7, 11) is 0. The first kappa shape index (κ1) is 18.4. The molecule has 2 aromatic carbocycles. The van der Waals surface area contributed by atoms with Gasteiger partial charge in [0.15, 0.2) is 0 Å². The molecule has 0 saturated carbocycles. The lowest BCUT2D eigenvalue weighted by atomic mass is 10.1. The molecule has 28 heavy (non-hydrogen) atoms. The minimum Gasteiger partial charge on any atom is -0.407 e. The Bertz CT molecular complexity index is 1030. The van der Waals surface area contributed by atoms with E-state index in [9.17, 15) is 9.59 Å². The summed E-state index contributed by atoms with van der Waals surface area (Å²) in [4.78, 5) is 26.5. The molecule has 0 aliphatic carbocycles. The summed E-state index contributed by atoms with van der Waals surface area (Å²) in [6.07, 6.45) is 0.285. The predicted molar refractivity (Wildman–Crippen MR) is 107 cm³/mol. The summed E-state index contributed by atoms with van der Waals surface area (Å²) in [6.45, 7) is 2.46. The summed E-state index contributed by atoms with van der Waals surface area (Å²) < 4.78 is 6.27. The molecule has 2 amide bonds. The number of hydrogen-bond donors (Lipinski definition) is 1. The number of nitrogens with zero attached hydrogens (tertiary/aromatic N) is 3. The number of amides is 2. The largest absolute Gasteiger partial charge is 0.407 e. The Balaban J connectivity index is 1.46. The number of carbonyl (C=O) groups is 2. The van der Waals surface area contributed by atoms with Crippen LogP contribution in [-0.4, -0.2) is 28.6 Å². The smallest absolute Gasteiger partial charge is 0.322 e. The summed E-state index contributed by atoms with van der Waals surface area (Å²) in [6, 6.07) is 14.8. The van der Waals surface area contributed by atoms with Crippen LogP contribution in [0.2, 0.25) is 0 Å². The van der Waals surface area contributed by atoms with Crippen molar-refractivity contribution in [3.8, 4) is 0 Å². The van der Waals surface area contributed by atoms with Gasteiger partial charge in [-0.15, -0.1) is 5.10 Å². The van der Waals surface area contributed by atoms with E-state index in [0.717, 1.165) is 11.3 Å². The van der Waals surface area contributed by atoms with Crippen LogP contribution in [0.15, 0.2) is 57.4 Å². The number of carbonyl (C=O) groups excluding carboxylic acids is 2. The van der Waals surface area contributed by atoms with Crippen molar-refractivity contribution >= 4 is 39.4 Å². The Kier molecular flexibility index (Phi) is 4.95. The molecule has 4 rings (SSSR count). The lowest BCUT2D eigenvalue weighted by Crippen LogP contribution is -2.24. The summed E-state index contributed by atoms with van der Waals surface area (Å²) in [5.41, 5.74) is 2.44. The third kappa shape index (κ3) is 3.68. The summed E-state index contributed by atoms with van der Waals surface area (Å²) >= 11 is 3.34. The zero-order chi connectivity index (χ0) is 19.7. The highest BCUT2D eigenvalue weighted by Crippen LogP contribution is 2.32. The molecule has 1 saturated heterocycles. The third-order valence-electron chi connectivity index (χ3n) is 4.60. The first-order valence-corrected chi connectivity index (χ1v) is 9.57. The van der Waals surface area contributed by atoms with Crippen LogP contribution in [0.1, 0.15) is 34.2 Å². The van der Waals surface area contributed by atoms with Gasteiger partial charge in [-0.05, 0) is 47.1 Å². The van der Waals surface area contributed by atoms with Gasteiger partial charge in [0.2, 0.25) is 11.8 Å². The molecule has 1 aliphatic heterocycles. The van der Waals surface area contributed by atoms with E-state index >= 15 is 0 Å². The van der Waals surface area contributed by atoms with E-state index in [4.69, 9.17) is 4.42 Å². The minimum atomic E-state index is -0.355. The van der Waals surface area contributed by atoms with E-state index in [1.807, 2.05) is 37.3 Å². The van der Waals surface area contributed by atoms with Gasteiger partial charge in [-0.3, -0.25) is 14.9 Å². The molecular formula is C20H17BrN4O3. The Morgan fingerprint density at radius 1 is 1.18 bits per heavy atom. The quantitative estimate of drug-likeness (QED) is 0.663. The highest BCUT2D eigenvalue weighted by molar-refractivity contribution is 9.10. The first-order valence-electron chi connectivity index (χ1n) is 8.77. The molecule has 7 nitrogen and oxygen atoms in total. The number of anilines is 2. The van der Waals surface area contributed by atoms with Crippen molar-refractivity contribution in [2.45, 2.75) is 19.3 Å². The van der Waals surface area contributed by atoms with Crippen LogP contribution in [0.3, 0.4) is 0 Å². The summed E-state index contributed by atoms with van der Waals surface area (Å²) in [5, 5.41) is 10.5. The molecular weight excluding hydrogens is 424 g/mol. The van der Waals surface area contributed by atoms with Crippen LogP contribution in [0.5, 0.6) is 0 Å². The highest BCUT2D eigenvalue weighted by Gasteiger charge is 2.35. The number of benzene rings is 2. The van der Waals surface area contributed by atoms with Gasteiger partial charge in [0.05, 0.1) is 11.5 Å². The second kappa shape index (κ2) is 7.55. The minimum absolute atomic E-state index is 0.00542. The van der Waals surface area contributed by atoms with Gasteiger partial charge in [0.1, 0.15) is 0 Å². The zero-order valence-electron chi connectivity index (χ0n) is 15.1. The van der Waals surface area contributed by atoms with Crippen molar-refractivity contribution in [2.24, 2.45) is 0 Å². The second-order valence-corrected chi connectivity index (χ2v) is 7.47. The van der Waals surface area contributed by atoms with Crippen molar-refractivity contribution < 1.29 is 14.0 Å². The zero-order valence-corrected chi connectivity index (χ0v) is 16.6. The fourth-order valence-corrected chi connectivity index (χ4v) is 3.57. The van der Waals surface area contributed by atoms with Crippen LogP contribution in [0.4, 0.5) is 11.7 Å². The monoisotopic (exact) mass is 440 g/mol. The lowest BCUT2D eigenvalue weighted by Gasteiger charge is -2.16. The Morgan fingerprint density at radius 3 is 2.68 bits per heavy atom. The molecule has 142 valence electrons. The van der Waals surface area contributed by atoms with Crippen LogP contribution < -0.4 is 10.2 Å². The van der Waals surface area contributed by atoms with Gasteiger partial charge in [0.25, 0.3) is 5.91 Å². The van der Waals surface area contributed by atoms with Crippen molar-refractivity contribution in [2.75, 3.05) is 16.8 Å². The molecule has 1 aromatic heterocycles. The van der Waals surface area contributed by atoms with E-state index in [0.29, 0.717) is 22.5 Å². The Morgan fingerprint density at radius 2 is 1.93 bits per heavy atom. The fourth-order valence-electron chi connectivity index (χ4n) is 3.11. The molecule has 2 heterocycles. The number of nitrogens with one attached hydrogen (secondary N) is 1. The number of aryl methyl sites for hydroxylation is 1. The van der Waals surface area contributed by atoms with Gasteiger partial charge in [-0.1, -0.05) is 34.9 Å². The molecule has 1 N–H and O–H groups in total. The van der Waals surface area contributed by atoms with E-state index < -0.39 is 0 Å². The molecule has 1 atom stereocenters. The van der Waals surface area contributed by atoms with E-state index in [2.05, 4.69) is 31.4 Å². The number of hydrogen-bond acceptors (Lipinski definition) is 5. The fraction of sp³-hybridized carbons (Fsp3) is 0.200. The molecule has 1 fully saturated rings. The molecule has 0 unspecified atom stereocenters. The molecule has 0 radical (unpaired) electrons. The third-order valence-corrected chi connectivity index (χ3v) is 5.29. The molecule has 3 aromatic rings. The molecule has 1 aliphatic rings. The van der Waals surface area contributed by atoms with Crippen LogP contribution in [0, 0.1) is 6.92 Å². The highest BCUT2D eigenvalue weighted by atomic mass is 79.9. The van der Waals surface area contributed by atoms with Crippen molar-refractivity contribution in [3.05, 3.63) is 70.0 Å². The number of halogens is 1. The maximum atomic E-state index is 12.4. The SMILES string of the molecule is Cc1ccc(N2C[C@@H](c3nnc(NC(=O)c4ccccc4Br)o3)CC2=O)cc1. The molecule has 0 spiro atoms. The van der Waals surface area contributed by atoms with Crippen LogP contribution in [-0.2, 0) is 4.79 Å².